The third-order valence-electron chi connectivity index (χ3n) is 3.76. The van der Waals surface area contributed by atoms with Crippen molar-refractivity contribution in [3.8, 4) is 0 Å². The molecule has 0 bridgehead atoms. The molecule has 20 heavy (non-hydrogen) atoms. The molecule has 1 aliphatic heterocycles. The first-order valence-electron chi connectivity index (χ1n) is 7.37. The molecule has 0 aromatic carbocycles. The second-order valence-electron chi connectivity index (χ2n) is 5.89. The SMILES string of the molecule is CCN1CCN(C(=O)NC(CC(C)C)C(=O)O)CC1C. The third-order valence-corrected chi connectivity index (χ3v) is 3.76. The number of amides is 2. The summed E-state index contributed by atoms with van der Waals surface area (Å²) in [4.78, 5) is 27.4. The molecule has 2 atom stereocenters. The third kappa shape index (κ3) is 4.67. The first kappa shape index (κ1) is 16.8. The second-order valence-corrected chi connectivity index (χ2v) is 5.89. The summed E-state index contributed by atoms with van der Waals surface area (Å²) in [7, 11) is 0. The maximum Gasteiger partial charge on any atom is 0.326 e. The highest BCUT2D eigenvalue weighted by atomic mass is 16.4. The Morgan fingerprint density at radius 1 is 1.35 bits per heavy atom. The molecule has 1 aliphatic rings. The Balaban J connectivity index is 2.55. The summed E-state index contributed by atoms with van der Waals surface area (Å²) >= 11 is 0. The lowest BCUT2D eigenvalue weighted by Gasteiger charge is -2.39. The number of carbonyl (C=O) groups excluding carboxylic acids is 1. The summed E-state index contributed by atoms with van der Waals surface area (Å²) in [5.41, 5.74) is 0. The Labute approximate surface area is 121 Å². The molecule has 2 unspecified atom stereocenters. The molecule has 1 fully saturated rings. The highest BCUT2D eigenvalue weighted by Gasteiger charge is 2.28. The lowest BCUT2D eigenvalue weighted by molar-refractivity contribution is -0.139. The summed E-state index contributed by atoms with van der Waals surface area (Å²) in [5.74, 6) is -0.737. The van der Waals surface area contributed by atoms with Gasteiger partial charge < -0.3 is 15.3 Å². The second kappa shape index (κ2) is 7.47. The van der Waals surface area contributed by atoms with Gasteiger partial charge in [0.2, 0.25) is 0 Å². The molecule has 2 N–H and O–H groups in total. The van der Waals surface area contributed by atoms with Crippen molar-refractivity contribution in [1.29, 1.82) is 0 Å². The van der Waals surface area contributed by atoms with E-state index in [9.17, 15) is 9.59 Å². The minimum atomic E-state index is -0.965. The zero-order valence-corrected chi connectivity index (χ0v) is 12.9. The Hall–Kier alpha value is -1.30. The smallest absolute Gasteiger partial charge is 0.326 e. The molecule has 0 aromatic heterocycles. The summed E-state index contributed by atoms with van der Waals surface area (Å²) in [6.07, 6.45) is 0.450. The van der Waals surface area contributed by atoms with Gasteiger partial charge >= 0.3 is 12.0 Å². The van der Waals surface area contributed by atoms with E-state index in [0.29, 0.717) is 25.6 Å². The number of urea groups is 1. The monoisotopic (exact) mass is 285 g/mol. The van der Waals surface area contributed by atoms with Crippen LogP contribution < -0.4 is 5.32 Å². The number of aliphatic carboxylic acids is 1. The number of carbonyl (C=O) groups is 2. The minimum Gasteiger partial charge on any atom is -0.480 e. The predicted molar refractivity (Wildman–Crippen MR) is 77.7 cm³/mol. The molecule has 0 saturated carbocycles. The van der Waals surface area contributed by atoms with Crippen LogP contribution in [0.15, 0.2) is 0 Å². The molecule has 1 rings (SSSR count). The highest BCUT2D eigenvalue weighted by Crippen LogP contribution is 2.10. The van der Waals surface area contributed by atoms with Crippen LogP contribution in [0.4, 0.5) is 4.79 Å². The van der Waals surface area contributed by atoms with Gasteiger partial charge in [-0.2, -0.15) is 0 Å². The number of carboxylic acid groups (broad SMARTS) is 1. The van der Waals surface area contributed by atoms with Crippen molar-refractivity contribution in [2.45, 2.75) is 46.2 Å². The van der Waals surface area contributed by atoms with E-state index in [2.05, 4.69) is 24.1 Å². The fourth-order valence-electron chi connectivity index (χ4n) is 2.58. The van der Waals surface area contributed by atoms with Crippen molar-refractivity contribution < 1.29 is 14.7 Å². The van der Waals surface area contributed by atoms with Crippen LogP contribution in [0.3, 0.4) is 0 Å². The van der Waals surface area contributed by atoms with E-state index >= 15 is 0 Å². The van der Waals surface area contributed by atoms with Crippen molar-refractivity contribution in [1.82, 2.24) is 15.1 Å². The van der Waals surface area contributed by atoms with Crippen LogP contribution in [0.25, 0.3) is 0 Å². The van der Waals surface area contributed by atoms with Crippen molar-refractivity contribution in [3.63, 3.8) is 0 Å². The van der Waals surface area contributed by atoms with E-state index in [-0.39, 0.29) is 11.9 Å². The van der Waals surface area contributed by atoms with Gasteiger partial charge in [0.15, 0.2) is 0 Å². The van der Waals surface area contributed by atoms with Crippen LogP contribution in [0, 0.1) is 5.92 Å². The molecule has 0 aromatic rings. The number of hydrogen-bond donors (Lipinski definition) is 2. The number of hydrogen-bond acceptors (Lipinski definition) is 3. The van der Waals surface area contributed by atoms with Gasteiger partial charge in [-0.15, -0.1) is 0 Å². The van der Waals surface area contributed by atoms with Crippen LogP contribution >= 0.6 is 0 Å². The highest BCUT2D eigenvalue weighted by molar-refractivity contribution is 5.82. The van der Waals surface area contributed by atoms with Gasteiger partial charge in [-0.1, -0.05) is 20.8 Å². The summed E-state index contributed by atoms with van der Waals surface area (Å²) in [5, 5.41) is 11.8. The number of rotatable bonds is 5. The summed E-state index contributed by atoms with van der Waals surface area (Å²) in [6.45, 7) is 11.2. The number of piperazine rings is 1. The van der Waals surface area contributed by atoms with Gasteiger partial charge in [0.05, 0.1) is 0 Å². The van der Waals surface area contributed by atoms with Gasteiger partial charge in [0.25, 0.3) is 0 Å². The number of nitrogens with zero attached hydrogens (tertiary/aromatic N) is 2. The maximum absolute atomic E-state index is 12.2. The molecule has 6 heteroatoms. The Bertz CT molecular complexity index is 347. The fourth-order valence-corrected chi connectivity index (χ4v) is 2.58. The number of nitrogens with one attached hydrogen (secondary N) is 1. The van der Waals surface area contributed by atoms with Gasteiger partial charge in [0, 0.05) is 25.7 Å². The van der Waals surface area contributed by atoms with Crippen LogP contribution in [-0.2, 0) is 4.79 Å². The summed E-state index contributed by atoms with van der Waals surface area (Å²) < 4.78 is 0. The molecule has 0 radical (unpaired) electrons. The van der Waals surface area contributed by atoms with E-state index in [0.717, 1.165) is 13.1 Å². The number of carboxylic acids is 1. The first-order valence-corrected chi connectivity index (χ1v) is 7.37. The van der Waals surface area contributed by atoms with E-state index in [1.165, 1.54) is 0 Å². The maximum atomic E-state index is 12.2. The summed E-state index contributed by atoms with van der Waals surface area (Å²) in [6, 6.07) is -0.754. The van der Waals surface area contributed by atoms with Gasteiger partial charge in [0.1, 0.15) is 6.04 Å². The Kier molecular flexibility index (Phi) is 6.26. The lowest BCUT2D eigenvalue weighted by atomic mass is 10.0. The Morgan fingerprint density at radius 2 is 2.00 bits per heavy atom. The molecule has 1 saturated heterocycles. The number of likely N-dealkylation sites (N-methyl/N-ethyl adjacent to an activating group) is 1. The van der Waals surface area contributed by atoms with Crippen LogP contribution in [-0.4, -0.2) is 65.2 Å². The predicted octanol–water partition coefficient (Wildman–Crippen LogP) is 1.22. The van der Waals surface area contributed by atoms with Crippen molar-refractivity contribution in [2.75, 3.05) is 26.2 Å². The zero-order chi connectivity index (χ0) is 15.3. The van der Waals surface area contributed by atoms with Gasteiger partial charge in [-0.3, -0.25) is 4.90 Å². The van der Waals surface area contributed by atoms with Crippen LogP contribution in [0.5, 0.6) is 0 Å². The normalized spacial score (nSPS) is 21.9. The standard InChI is InChI=1S/C14H27N3O3/c1-5-16-6-7-17(9-11(16)4)14(20)15-12(13(18)19)8-10(2)3/h10-12H,5-9H2,1-4H3,(H,15,20)(H,18,19). The van der Waals surface area contributed by atoms with Crippen molar-refractivity contribution in [3.05, 3.63) is 0 Å². The largest absolute Gasteiger partial charge is 0.480 e. The Morgan fingerprint density at radius 3 is 2.45 bits per heavy atom. The van der Waals surface area contributed by atoms with E-state index in [1.54, 1.807) is 4.90 Å². The molecule has 6 nitrogen and oxygen atoms in total. The van der Waals surface area contributed by atoms with Crippen molar-refractivity contribution in [2.24, 2.45) is 5.92 Å². The van der Waals surface area contributed by atoms with Crippen molar-refractivity contribution >= 4 is 12.0 Å². The fraction of sp³-hybridized carbons (Fsp3) is 0.857. The van der Waals surface area contributed by atoms with E-state index in [1.807, 2.05) is 13.8 Å². The molecular formula is C14H27N3O3. The van der Waals surface area contributed by atoms with Crippen LogP contribution in [0.1, 0.15) is 34.1 Å². The van der Waals surface area contributed by atoms with Gasteiger partial charge in [-0.05, 0) is 25.8 Å². The average Bonchev–Trinajstić information content (AvgIpc) is 2.37. The average molecular weight is 285 g/mol. The minimum absolute atomic E-state index is 0.229. The first-order chi connectivity index (χ1) is 9.35. The van der Waals surface area contributed by atoms with Crippen LogP contribution in [0.2, 0.25) is 0 Å². The molecule has 0 aliphatic carbocycles. The molecular weight excluding hydrogens is 258 g/mol. The molecule has 116 valence electrons. The molecule has 2 amide bonds. The topological polar surface area (TPSA) is 72.9 Å². The molecule has 0 spiro atoms. The van der Waals surface area contributed by atoms with Gasteiger partial charge in [-0.25, -0.2) is 9.59 Å². The van der Waals surface area contributed by atoms with E-state index in [4.69, 9.17) is 5.11 Å². The quantitative estimate of drug-likeness (QED) is 0.796. The zero-order valence-electron chi connectivity index (χ0n) is 12.9. The van der Waals surface area contributed by atoms with E-state index < -0.39 is 12.0 Å². The lowest BCUT2D eigenvalue weighted by Crippen LogP contribution is -2.57. The molecule has 1 heterocycles.